The lowest BCUT2D eigenvalue weighted by molar-refractivity contribution is 0.414. The van der Waals surface area contributed by atoms with Crippen LogP contribution in [0.25, 0.3) is 0 Å². The third-order valence-corrected chi connectivity index (χ3v) is 3.73. The quantitative estimate of drug-likeness (QED) is 0.750. The fourth-order valence-electron chi connectivity index (χ4n) is 2.61. The first-order valence-electron chi connectivity index (χ1n) is 6.76. The third kappa shape index (κ3) is 2.61. The second-order valence-corrected chi connectivity index (χ2v) is 5.07. The van der Waals surface area contributed by atoms with Crippen molar-refractivity contribution in [2.45, 2.75) is 18.5 Å². The summed E-state index contributed by atoms with van der Waals surface area (Å²) in [5.41, 5.74) is 15.8. The summed E-state index contributed by atoms with van der Waals surface area (Å²) in [6.07, 6.45) is 0.996. The van der Waals surface area contributed by atoms with E-state index in [1.54, 1.807) is 7.11 Å². The van der Waals surface area contributed by atoms with Crippen molar-refractivity contribution in [3.63, 3.8) is 0 Å². The third-order valence-electron chi connectivity index (χ3n) is 3.73. The number of hydrogen-bond acceptors (Lipinski definition) is 4. The molecule has 1 heterocycles. The van der Waals surface area contributed by atoms with E-state index in [4.69, 9.17) is 10.5 Å². The van der Waals surface area contributed by atoms with Gasteiger partial charge in [0.2, 0.25) is 0 Å². The van der Waals surface area contributed by atoms with Gasteiger partial charge in [0.15, 0.2) is 0 Å². The Hall–Kier alpha value is -2.04. The van der Waals surface area contributed by atoms with Crippen molar-refractivity contribution >= 4 is 5.69 Å². The van der Waals surface area contributed by atoms with Crippen molar-refractivity contribution in [3.8, 4) is 5.75 Å². The van der Waals surface area contributed by atoms with Gasteiger partial charge in [-0.25, -0.2) is 10.9 Å². The number of ether oxygens (including phenoxy) is 1. The van der Waals surface area contributed by atoms with Gasteiger partial charge in [-0.1, -0.05) is 24.3 Å². The van der Waals surface area contributed by atoms with Crippen LogP contribution in [0.5, 0.6) is 5.75 Å². The molecule has 0 saturated carbocycles. The van der Waals surface area contributed by atoms with Gasteiger partial charge in [0.25, 0.3) is 0 Å². The topological polar surface area (TPSA) is 59.3 Å². The average molecular weight is 269 g/mol. The summed E-state index contributed by atoms with van der Waals surface area (Å²) in [7, 11) is 1.68. The molecule has 3 rings (SSSR count). The summed E-state index contributed by atoms with van der Waals surface area (Å²) in [6, 6.07) is 16.8. The summed E-state index contributed by atoms with van der Waals surface area (Å²) in [5, 5.41) is 0. The first-order valence-corrected chi connectivity index (χ1v) is 6.76. The molecule has 0 bridgehead atoms. The number of benzene rings is 2. The average Bonchev–Trinajstić information content (AvgIpc) is 2.97. The number of hydrogen-bond donors (Lipinski definition) is 3. The highest BCUT2D eigenvalue weighted by atomic mass is 16.5. The number of nitrogen functional groups attached to an aromatic ring is 1. The molecular weight excluding hydrogens is 250 g/mol. The van der Waals surface area contributed by atoms with Crippen LogP contribution < -0.4 is 21.3 Å². The van der Waals surface area contributed by atoms with E-state index in [0.717, 1.165) is 17.9 Å². The Kier molecular flexibility index (Phi) is 3.58. The monoisotopic (exact) mass is 269 g/mol. The Morgan fingerprint density at radius 2 is 1.70 bits per heavy atom. The van der Waals surface area contributed by atoms with Crippen molar-refractivity contribution in [2.75, 3.05) is 12.8 Å². The number of nitrogens with two attached hydrogens (primary N) is 1. The van der Waals surface area contributed by atoms with Crippen LogP contribution in [0.1, 0.15) is 29.6 Å². The van der Waals surface area contributed by atoms with Gasteiger partial charge in [-0.2, -0.15) is 0 Å². The molecule has 2 aromatic rings. The van der Waals surface area contributed by atoms with Crippen LogP contribution in [0.3, 0.4) is 0 Å². The van der Waals surface area contributed by atoms with E-state index in [1.807, 2.05) is 30.3 Å². The maximum Gasteiger partial charge on any atom is 0.118 e. The van der Waals surface area contributed by atoms with Gasteiger partial charge < -0.3 is 10.5 Å². The molecule has 1 fully saturated rings. The van der Waals surface area contributed by atoms with Crippen LogP contribution in [0.4, 0.5) is 5.69 Å². The summed E-state index contributed by atoms with van der Waals surface area (Å²) in [5.74, 6) is 0.882. The van der Waals surface area contributed by atoms with E-state index < -0.39 is 0 Å². The van der Waals surface area contributed by atoms with Crippen molar-refractivity contribution in [1.29, 1.82) is 0 Å². The van der Waals surface area contributed by atoms with Crippen molar-refractivity contribution < 1.29 is 4.74 Å². The minimum absolute atomic E-state index is 0.283. The zero-order valence-electron chi connectivity index (χ0n) is 11.5. The molecule has 0 aliphatic carbocycles. The Balaban J connectivity index is 1.72. The summed E-state index contributed by atoms with van der Waals surface area (Å²) in [6.45, 7) is 0. The zero-order chi connectivity index (χ0) is 13.9. The van der Waals surface area contributed by atoms with Gasteiger partial charge in [-0.15, -0.1) is 0 Å². The van der Waals surface area contributed by atoms with Crippen molar-refractivity contribution in [3.05, 3.63) is 59.7 Å². The Morgan fingerprint density at radius 1 is 1.00 bits per heavy atom. The molecule has 4 N–H and O–H groups in total. The number of hydrazine groups is 1. The molecule has 1 saturated heterocycles. The molecule has 2 unspecified atom stereocenters. The van der Waals surface area contributed by atoms with E-state index in [2.05, 4.69) is 29.1 Å². The summed E-state index contributed by atoms with van der Waals surface area (Å²) in [4.78, 5) is 0. The van der Waals surface area contributed by atoms with Gasteiger partial charge >= 0.3 is 0 Å². The van der Waals surface area contributed by atoms with Crippen LogP contribution in [-0.4, -0.2) is 7.11 Å². The van der Waals surface area contributed by atoms with Crippen LogP contribution >= 0.6 is 0 Å². The lowest BCUT2D eigenvalue weighted by Crippen LogP contribution is -2.26. The molecule has 0 radical (unpaired) electrons. The first kappa shape index (κ1) is 13.0. The molecule has 0 amide bonds. The maximum atomic E-state index is 5.84. The standard InChI is InChI=1S/C16H19N3O/c1-20-14-7-5-11(6-8-14)15-10-16(19-18-15)12-3-2-4-13(17)9-12/h2-9,15-16,18-19H,10,17H2,1H3. The number of rotatable bonds is 3. The highest BCUT2D eigenvalue weighted by molar-refractivity contribution is 5.42. The first-order chi connectivity index (χ1) is 9.76. The van der Waals surface area contributed by atoms with E-state index in [0.29, 0.717) is 6.04 Å². The molecule has 1 aliphatic heterocycles. The number of methoxy groups -OCH3 is 1. The van der Waals surface area contributed by atoms with Crippen molar-refractivity contribution in [2.24, 2.45) is 0 Å². The molecule has 104 valence electrons. The predicted octanol–water partition coefficient (Wildman–Crippen LogP) is 2.56. The van der Waals surface area contributed by atoms with E-state index in [1.165, 1.54) is 11.1 Å². The van der Waals surface area contributed by atoms with Crippen molar-refractivity contribution in [1.82, 2.24) is 10.9 Å². The Bertz CT molecular complexity index is 583. The van der Waals surface area contributed by atoms with Crippen LogP contribution in [0.15, 0.2) is 48.5 Å². The number of anilines is 1. The fraction of sp³-hybridized carbons (Fsp3) is 0.250. The fourth-order valence-corrected chi connectivity index (χ4v) is 2.61. The maximum absolute atomic E-state index is 5.84. The van der Waals surface area contributed by atoms with Gasteiger partial charge in [0.1, 0.15) is 5.75 Å². The molecule has 4 heteroatoms. The van der Waals surface area contributed by atoms with Gasteiger partial charge in [-0.05, 0) is 41.8 Å². The predicted molar refractivity (Wildman–Crippen MR) is 80.2 cm³/mol. The molecule has 2 aromatic carbocycles. The molecule has 0 aromatic heterocycles. The zero-order valence-corrected chi connectivity index (χ0v) is 11.5. The van der Waals surface area contributed by atoms with Gasteiger partial charge in [0, 0.05) is 17.8 Å². The minimum Gasteiger partial charge on any atom is -0.497 e. The SMILES string of the molecule is COc1ccc(C2CC(c3cccc(N)c3)NN2)cc1. The van der Waals surface area contributed by atoms with E-state index in [-0.39, 0.29) is 6.04 Å². The lowest BCUT2D eigenvalue weighted by atomic mass is 9.97. The van der Waals surface area contributed by atoms with Crippen LogP contribution in [-0.2, 0) is 0 Å². The second-order valence-electron chi connectivity index (χ2n) is 5.07. The van der Waals surface area contributed by atoms with Gasteiger partial charge in [0.05, 0.1) is 7.11 Å². The van der Waals surface area contributed by atoms with Gasteiger partial charge in [-0.3, -0.25) is 0 Å². The molecular formula is C16H19N3O. The largest absolute Gasteiger partial charge is 0.497 e. The van der Waals surface area contributed by atoms with E-state index >= 15 is 0 Å². The minimum atomic E-state index is 0.283. The molecule has 0 spiro atoms. The Morgan fingerprint density at radius 3 is 2.35 bits per heavy atom. The Labute approximate surface area is 118 Å². The molecule has 20 heavy (non-hydrogen) atoms. The second kappa shape index (κ2) is 5.53. The normalized spacial score (nSPS) is 21.9. The highest BCUT2D eigenvalue weighted by Crippen LogP contribution is 2.31. The lowest BCUT2D eigenvalue weighted by Gasteiger charge is -2.11. The smallest absolute Gasteiger partial charge is 0.118 e. The number of nitrogens with one attached hydrogen (secondary N) is 2. The van der Waals surface area contributed by atoms with E-state index in [9.17, 15) is 0 Å². The molecule has 2 atom stereocenters. The molecule has 1 aliphatic rings. The van der Waals surface area contributed by atoms with Crippen LogP contribution in [0, 0.1) is 0 Å². The van der Waals surface area contributed by atoms with Crippen LogP contribution in [0.2, 0.25) is 0 Å². The summed E-state index contributed by atoms with van der Waals surface area (Å²) < 4.78 is 5.19. The molecule has 4 nitrogen and oxygen atoms in total. The summed E-state index contributed by atoms with van der Waals surface area (Å²) >= 11 is 0. The highest BCUT2D eigenvalue weighted by Gasteiger charge is 2.26.